The SMILES string of the molecule is NC1(C(=O)N2CCSC3(CCCCC3)C2)CCOCC1. The summed E-state index contributed by atoms with van der Waals surface area (Å²) in [4.78, 5) is 14.9. The van der Waals surface area contributed by atoms with Crippen LogP contribution in [0, 0.1) is 0 Å². The molecule has 0 atom stereocenters. The summed E-state index contributed by atoms with van der Waals surface area (Å²) >= 11 is 2.09. The molecule has 1 amide bonds. The second kappa shape index (κ2) is 5.85. The molecule has 0 aromatic heterocycles. The quantitative estimate of drug-likeness (QED) is 0.801. The number of amides is 1. The summed E-state index contributed by atoms with van der Waals surface area (Å²) in [5, 5.41) is 0. The lowest BCUT2D eigenvalue weighted by Gasteiger charge is -2.47. The summed E-state index contributed by atoms with van der Waals surface area (Å²) in [6.45, 7) is 3.02. The van der Waals surface area contributed by atoms with Gasteiger partial charge in [-0.05, 0) is 25.7 Å². The third-order valence-electron chi connectivity index (χ3n) is 5.11. The highest BCUT2D eigenvalue weighted by Gasteiger charge is 2.44. The molecule has 0 bridgehead atoms. The van der Waals surface area contributed by atoms with Crippen LogP contribution < -0.4 is 5.73 Å². The molecule has 1 spiro atoms. The van der Waals surface area contributed by atoms with Crippen molar-refractivity contribution in [3.8, 4) is 0 Å². The van der Waals surface area contributed by atoms with Gasteiger partial charge in [0, 0.05) is 36.8 Å². The Balaban J connectivity index is 1.68. The first-order valence-corrected chi connectivity index (χ1v) is 8.92. The van der Waals surface area contributed by atoms with Crippen LogP contribution in [0.2, 0.25) is 0 Å². The van der Waals surface area contributed by atoms with Gasteiger partial charge in [-0.1, -0.05) is 19.3 Å². The van der Waals surface area contributed by atoms with Crippen molar-refractivity contribution in [2.24, 2.45) is 5.73 Å². The lowest BCUT2D eigenvalue weighted by atomic mass is 9.85. The van der Waals surface area contributed by atoms with Crippen LogP contribution in [0.1, 0.15) is 44.9 Å². The Bertz CT molecular complexity index is 357. The fraction of sp³-hybridized carbons (Fsp3) is 0.933. The first-order valence-electron chi connectivity index (χ1n) is 7.94. The van der Waals surface area contributed by atoms with Gasteiger partial charge in [0.25, 0.3) is 0 Å². The molecular weight excluding hydrogens is 272 g/mol. The summed E-state index contributed by atoms with van der Waals surface area (Å²) in [6.07, 6.45) is 7.86. The van der Waals surface area contributed by atoms with E-state index in [0.717, 1.165) is 18.8 Å². The van der Waals surface area contributed by atoms with E-state index in [1.807, 2.05) is 0 Å². The highest BCUT2D eigenvalue weighted by molar-refractivity contribution is 8.00. The molecule has 1 aliphatic carbocycles. The molecule has 0 radical (unpaired) electrons. The second-order valence-electron chi connectivity index (χ2n) is 6.59. The Hall–Kier alpha value is -0.260. The number of carbonyl (C=O) groups excluding carboxylic acids is 1. The minimum Gasteiger partial charge on any atom is -0.381 e. The van der Waals surface area contributed by atoms with E-state index < -0.39 is 5.54 Å². The van der Waals surface area contributed by atoms with Gasteiger partial charge in [0.05, 0.1) is 5.54 Å². The summed E-state index contributed by atoms with van der Waals surface area (Å²) in [5.41, 5.74) is 5.70. The van der Waals surface area contributed by atoms with Crippen LogP contribution in [0.15, 0.2) is 0 Å². The zero-order valence-electron chi connectivity index (χ0n) is 12.2. The van der Waals surface area contributed by atoms with Crippen LogP contribution >= 0.6 is 11.8 Å². The molecule has 3 aliphatic rings. The van der Waals surface area contributed by atoms with Crippen molar-refractivity contribution in [1.82, 2.24) is 4.90 Å². The summed E-state index contributed by atoms with van der Waals surface area (Å²) in [6, 6.07) is 0. The maximum Gasteiger partial charge on any atom is 0.242 e. The van der Waals surface area contributed by atoms with Crippen LogP contribution in [0.25, 0.3) is 0 Å². The summed E-state index contributed by atoms with van der Waals surface area (Å²) in [7, 11) is 0. The predicted octanol–water partition coefficient (Wildman–Crippen LogP) is 1.77. The zero-order chi connectivity index (χ0) is 14.1. The molecular formula is C15H26N2O2S. The van der Waals surface area contributed by atoms with Gasteiger partial charge in [0.15, 0.2) is 0 Å². The molecule has 5 heteroatoms. The van der Waals surface area contributed by atoms with E-state index in [0.29, 0.717) is 30.8 Å². The van der Waals surface area contributed by atoms with E-state index in [9.17, 15) is 4.79 Å². The Labute approximate surface area is 125 Å². The number of nitrogens with zero attached hydrogens (tertiary/aromatic N) is 1. The molecule has 2 aliphatic heterocycles. The van der Waals surface area contributed by atoms with Crippen LogP contribution in [-0.2, 0) is 9.53 Å². The molecule has 0 aromatic carbocycles. The second-order valence-corrected chi connectivity index (χ2v) is 8.15. The van der Waals surface area contributed by atoms with Crippen LogP contribution in [0.4, 0.5) is 0 Å². The molecule has 3 fully saturated rings. The molecule has 2 N–H and O–H groups in total. The van der Waals surface area contributed by atoms with Gasteiger partial charge in [0.2, 0.25) is 5.91 Å². The zero-order valence-corrected chi connectivity index (χ0v) is 13.1. The number of rotatable bonds is 1. The van der Waals surface area contributed by atoms with Gasteiger partial charge in [0.1, 0.15) is 0 Å². The average molecular weight is 298 g/mol. The Kier molecular flexibility index (Phi) is 4.29. The number of hydrogen-bond donors (Lipinski definition) is 1. The van der Waals surface area contributed by atoms with Crippen molar-refractivity contribution >= 4 is 17.7 Å². The van der Waals surface area contributed by atoms with E-state index in [1.165, 1.54) is 32.1 Å². The number of nitrogens with two attached hydrogens (primary N) is 1. The highest BCUT2D eigenvalue weighted by Crippen LogP contribution is 2.43. The van der Waals surface area contributed by atoms with E-state index in [-0.39, 0.29) is 5.91 Å². The van der Waals surface area contributed by atoms with E-state index in [1.54, 1.807) is 0 Å². The third-order valence-corrected chi connectivity index (χ3v) is 6.65. The van der Waals surface area contributed by atoms with Crippen LogP contribution in [0.3, 0.4) is 0 Å². The van der Waals surface area contributed by atoms with Crippen molar-refractivity contribution in [2.75, 3.05) is 32.1 Å². The molecule has 2 saturated heterocycles. The van der Waals surface area contributed by atoms with Crippen molar-refractivity contribution in [2.45, 2.75) is 55.2 Å². The lowest BCUT2D eigenvalue weighted by molar-refractivity contribution is -0.141. The number of thioether (sulfide) groups is 1. The molecule has 1 saturated carbocycles. The first-order chi connectivity index (χ1) is 9.64. The fourth-order valence-electron chi connectivity index (χ4n) is 3.78. The van der Waals surface area contributed by atoms with Gasteiger partial charge in [-0.2, -0.15) is 11.8 Å². The minimum atomic E-state index is -0.671. The van der Waals surface area contributed by atoms with Crippen molar-refractivity contribution < 1.29 is 9.53 Å². The Morgan fingerprint density at radius 3 is 2.50 bits per heavy atom. The maximum atomic E-state index is 12.8. The first kappa shape index (κ1) is 14.7. The molecule has 0 unspecified atom stereocenters. The van der Waals surface area contributed by atoms with E-state index in [4.69, 9.17) is 10.5 Å². The smallest absolute Gasteiger partial charge is 0.242 e. The number of ether oxygens (including phenoxy) is 1. The largest absolute Gasteiger partial charge is 0.381 e. The van der Waals surface area contributed by atoms with Crippen molar-refractivity contribution in [3.05, 3.63) is 0 Å². The van der Waals surface area contributed by atoms with Crippen LogP contribution in [-0.4, -0.2) is 53.1 Å². The van der Waals surface area contributed by atoms with Gasteiger partial charge in [-0.25, -0.2) is 0 Å². The molecule has 114 valence electrons. The van der Waals surface area contributed by atoms with Crippen molar-refractivity contribution in [3.63, 3.8) is 0 Å². The molecule has 3 rings (SSSR count). The topological polar surface area (TPSA) is 55.6 Å². The van der Waals surface area contributed by atoms with Gasteiger partial charge in [-0.15, -0.1) is 0 Å². The third kappa shape index (κ3) is 2.85. The van der Waals surface area contributed by atoms with E-state index >= 15 is 0 Å². The van der Waals surface area contributed by atoms with Gasteiger partial charge < -0.3 is 15.4 Å². The van der Waals surface area contributed by atoms with Gasteiger partial charge in [-0.3, -0.25) is 4.79 Å². The van der Waals surface area contributed by atoms with E-state index in [2.05, 4.69) is 16.7 Å². The average Bonchev–Trinajstić information content (AvgIpc) is 2.48. The molecule has 4 nitrogen and oxygen atoms in total. The van der Waals surface area contributed by atoms with Crippen molar-refractivity contribution in [1.29, 1.82) is 0 Å². The lowest BCUT2D eigenvalue weighted by Crippen LogP contribution is -2.61. The maximum absolute atomic E-state index is 12.8. The molecule has 2 heterocycles. The Morgan fingerprint density at radius 1 is 1.10 bits per heavy atom. The van der Waals surface area contributed by atoms with Crippen LogP contribution in [0.5, 0.6) is 0 Å². The minimum absolute atomic E-state index is 0.172. The molecule has 0 aromatic rings. The monoisotopic (exact) mass is 298 g/mol. The number of hydrogen-bond acceptors (Lipinski definition) is 4. The predicted molar refractivity (Wildman–Crippen MR) is 81.8 cm³/mol. The fourth-order valence-corrected chi connectivity index (χ4v) is 5.35. The van der Waals surface area contributed by atoms with Gasteiger partial charge >= 0.3 is 0 Å². The Morgan fingerprint density at radius 2 is 1.80 bits per heavy atom. The number of carbonyl (C=O) groups is 1. The highest BCUT2D eigenvalue weighted by atomic mass is 32.2. The summed E-state index contributed by atoms with van der Waals surface area (Å²) in [5.74, 6) is 1.24. The molecule has 20 heavy (non-hydrogen) atoms. The standard InChI is InChI=1S/C15H26N2O2S/c16-15(6-9-19-10-7-15)13(18)17-8-11-20-14(12-17)4-2-1-3-5-14/h1-12,16H2. The summed E-state index contributed by atoms with van der Waals surface area (Å²) < 4.78 is 5.68. The normalized spacial score (nSPS) is 29.4.